The van der Waals surface area contributed by atoms with Crippen molar-refractivity contribution in [1.82, 2.24) is 14.5 Å². The van der Waals surface area contributed by atoms with E-state index in [1.165, 1.54) is 40.3 Å². The molecule has 0 saturated heterocycles. The molecular formula is C26H23N3O2S. The van der Waals surface area contributed by atoms with Gasteiger partial charge in [-0.15, -0.1) is 0 Å². The van der Waals surface area contributed by atoms with Crippen molar-refractivity contribution in [1.29, 1.82) is 0 Å². The van der Waals surface area contributed by atoms with Crippen molar-refractivity contribution in [3.05, 3.63) is 93.4 Å². The number of benzene rings is 2. The minimum atomic E-state index is -0.185. The van der Waals surface area contributed by atoms with E-state index < -0.39 is 0 Å². The van der Waals surface area contributed by atoms with E-state index >= 15 is 0 Å². The number of aromatic nitrogens is 3. The lowest BCUT2D eigenvalue weighted by atomic mass is 9.90. The fraction of sp³-hybridized carbons (Fsp3) is 0.231. The Bertz CT molecular complexity index is 1380. The van der Waals surface area contributed by atoms with Crippen LogP contribution in [0.25, 0.3) is 16.7 Å². The number of Topliss-reactive ketones (excluding diaryl/α,β-unsaturated/α-hetero) is 1. The van der Waals surface area contributed by atoms with Crippen molar-refractivity contribution in [3.63, 3.8) is 0 Å². The molecule has 5 rings (SSSR count). The highest BCUT2D eigenvalue weighted by atomic mass is 32.2. The molecule has 2 aromatic heterocycles. The maximum atomic E-state index is 13.3. The van der Waals surface area contributed by atoms with Gasteiger partial charge in [-0.25, -0.2) is 14.5 Å². The van der Waals surface area contributed by atoms with Gasteiger partial charge >= 0.3 is 0 Å². The van der Waals surface area contributed by atoms with Crippen molar-refractivity contribution in [2.75, 3.05) is 5.75 Å². The number of thioether (sulfide) groups is 1. The van der Waals surface area contributed by atoms with E-state index in [4.69, 9.17) is 4.98 Å². The Morgan fingerprint density at radius 1 is 1.03 bits per heavy atom. The quantitative estimate of drug-likeness (QED) is 0.249. The maximum Gasteiger partial charge on any atom is 0.267 e. The van der Waals surface area contributed by atoms with Crippen molar-refractivity contribution >= 4 is 28.4 Å². The number of carbonyl (C=O) groups excluding carboxylic acids is 1. The Morgan fingerprint density at radius 3 is 2.66 bits per heavy atom. The van der Waals surface area contributed by atoms with Gasteiger partial charge < -0.3 is 0 Å². The van der Waals surface area contributed by atoms with E-state index in [0.29, 0.717) is 21.9 Å². The molecule has 0 N–H and O–H groups in total. The van der Waals surface area contributed by atoms with Gasteiger partial charge in [0.05, 0.1) is 16.7 Å². The predicted octanol–water partition coefficient (Wildman–Crippen LogP) is 4.94. The molecule has 0 atom stereocenters. The highest BCUT2D eigenvalue weighted by Crippen LogP contribution is 2.25. The number of rotatable bonds is 5. The summed E-state index contributed by atoms with van der Waals surface area (Å²) in [5.41, 5.74) is 4.81. The molecule has 0 radical (unpaired) electrons. The van der Waals surface area contributed by atoms with Crippen LogP contribution in [0, 0.1) is 6.92 Å². The van der Waals surface area contributed by atoms with Crippen molar-refractivity contribution in [3.8, 4) is 5.82 Å². The third-order valence-electron chi connectivity index (χ3n) is 5.87. The summed E-state index contributed by atoms with van der Waals surface area (Å²) in [6.45, 7) is 1.95. The van der Waals surface area contributed by atoms with Crippen LogP contribution in [-0.4, -0.2) is 26.1 Å². The molecule has 0 aliphatic heterocycles. The highest BCUT2D eigenvalue weighted by molar-refractivity contribution is 7.99. The van der Waals surface area contributed by atoms with Gasteiger partial charge in [-0.05, 0) is 73.6 Å². The first-order valence-electron chi connectivity index (χ1n) is 10.8. The second kappa shape index (κ2) is 8.71. The Morgan fingerprint density at radius 2 is 1.84 bits per heavy atom. The molecule has 0 amide bonds. The maximum absolute atomic E-state index is 13.3. The lowest BCUT2D eigenvalue weighted by Crippen LogP contribution is -2.23. The highest BCUT2D eigenvalue weighted by Gasteiger charge is 2.17. The zero-order valence-corrected chi connectivity index (χ0v) is 18.7. The summed E-state index contributed by atoms with van der Waals surface area (Å²) in [5, 5.41) is 0.997. The second-order valence-electron chi connectivity index (χ2n) is 8.15. The zero-order valence-electron chi connectivity index (χ0n) is 17.9. The minimum Gasteiger partial charge on any atom is -0.293 e. The second-order valence-corrected chi connectivity index (χ2v) is 9.09. The van der Waals surface area contributed by atoms with Gasteiger partial charge in [-0.1, -0.05) is 42.1 Å². The molecule has 32 heavy (non-hydrogen) atoms. The Hall–Kier alpha value is -3.25. The molecule has 5 nitrogen and oxygen atoms in total. The van der Waals surface area contributed by atoms with Crippen molar-refractivity contribution in [2.24, 2.45) is 0 Å². The molecule has 0 saturated carbocycles. The fourth-order valence-corrected chi connectivity index (χ4v) is 5.02. The number of carbonyl (C=O) groups is 1. The van der Waals surface area contributed by atoms with Gasteiger partial charge in [0.15, 0.2) is 10.9 Å². The SMILES string of the molecule is Cc1ccc(-n2c(SCC(=O)c3ccc4c(c3)CCCC4)nc3ccccc3c2=O)nc1. The van der Waals surface area contributed by atoms with E-state index in [9.17, 15) is 9.59 Å². The number of ketones is 1. The van der Waals surface area contributed by atoms with E-state index in [1.807, 2.05) is 49.4 Å². The molecule has 0 bridgehead atoms. The molecule has 2 heterocycles. The lowest BCUT2D eigenvalue weighted by Gasteiger charge is -2.16. The van der Waals surface area contributed by atoms with Gasteiger partial charge in [0, 0.05) is 11.8 Å². The first-order valence-corrected chi connectivity index (χ1v) is 11.8. The summed E-state index contributed by atoms with van der Waals surface area (Å²) in [4.78, 5) is 35.4. The number of fused-ring (bicyclic) bond motifs is 2. The molecule has 1 aliphatic carbocycles. The zero-order chi connectivity index (χ0) is 22.1. The topological polar surface area (TPSA) is 64.8 Å². The molecule has 6 heteroatoms. The number of aryl methyl sites for hydroxylation is 3. The minimum absolute atomic E-state index is 0.0363. The smallest absolute Gasteiger partial charge is 0.267 e. The number of hydrogen-bond acceptors (Lipinski definition) is 5. The number of para-hydroxylation sites is 1. The summed E-state index contributed by atoms with van der Waals surface area (Å²) >= 11 is 1.28. The summed E-state index contributed by atoms with van der Waals surface area (Å²) in [5.74, 6) is 0.742. The third-order valence-corrected chi connectivity index (χ3v) is 6.81. The van der Waals surface area contributed by atoms with E-state index in [2.05, 4.69) is 11.1 Å². The van der Waals surface area contributed by atoms with Crippen LogP contribution in [-0.2, 0) is 12.8 Å². The molecule has 1 aliphatic rings. The molecule has 0 unspecified atom stereocenters. The summed E-state index contributed by atoms with van der Waals surface area (Å²) < 4.78 is 1.51. The number of nitrogens with zero attached hydrogens (tertiary/aromatic N) is 3. The number of hydrogen-bond donors (Lipinski definition) is 0. The van der Waals surface area contributed by atoms with Gasteiger partial charge in [0.1, 0.15) is 5.82 Å². The molecule has 160 valence electrons. The Kier molecular flexibility index (Phi) is 5.62. The summed E-state index contributed by atoms with van der Waals surface area (Å²) in [6, 6.07) is 17.0. The summed E-state index contributed by atoms with van der Waals surface area (Å²) in [6.07, 6.45) is 6.25. The van der Waals surface area contributed by atoms with Crippen molar-refractivity contribution in [2.45, 2.75) is 37.8 Å². The first-order chi connectivity index (χ1) is 15.6. The normalized spacial score (nSPS) is 13.2. The molecular weight excluding hydrogens is 418 g/mol. The van der Waals surface area contributed by atoms with Gasteiger partial charge in [0.2, 0.25) is 0 Å². The first kappa shape index (κ1) is 20.6. The predicted molar refractivity (Wildman–Crippen MR) is 128 cm³/mol. The fourth-order valence-electron chi connectivity index (χ4n) is 4.12. The van der Waals surface area contributed by atoms with E-state index in [0.717, 1.165) is 24.0 Å². The van der Waals surface area contributed by atoms with Gasteiger partial charge in [0.25, 0.3) is 5.56 Å². The Labute approximate surface area is 190 Å². The van der Waals surface area contributed by atoms with Crippen LogP contribution in [0.1, 0.15) is 39.9 Å². The van der Waals surface area contributed by atoms with Crippen molar-refractivity contribution < 1.29 is 4.79 Å². The van der Waals surface area contributed by atoms with Crippen LogP contribution >= 0.6 is 11.8 Å². The number of pyridine rings is 1. The monoisotopic (exact) mass is 441 g/mol. The lowest BCUT2D eigenvalue weighted by molar-refractivity contribution is 0.102. The molecule has 0 fully saturated rings. The van der Waals surface area contributed by atoms with Gasteiger partial charge in [-0.2, -0.15) is 0 Å². The van der Waals surface area contributed by atoms with E-state index in [1.54, 1.807) is 12.3 Å². The average Bonchev–Trinajstić information content (AvgIpc) is 2.83. The standard InChI is InChI=1S/C26H23N3O2S/c1-17-10-13-24(27-15-17)29-25(31)21-8-4-5-9-22(21)28-26(29)32-16-23(30)20-12-11-18-6-2-3-7-19(18)14-20/h4-5,8-15H,2-3,6-7,16H2,1H3. The molecule has 2 aromatic carbocycles. The molecule has 4 aromatic rings. The van der Waals surface area contributed by atoms with Crippen LogP contribution in [0.2, 0.25) is 0 Å². The van der Waals surface area contributed by atoms with Crippen LogP contribution in [0.4, 0.5) is 0 Å². The van der Waals surface area contributed by atoms with Gasteiger partial charge in [-0.3, -0.25) is 9.59 Å². The van der Waals surface area contributed by atoms with Crippen LogP contribution in [0.3, 0.4) is 0 Å². The van der Waals surface area contributed by atoms with E-state index in [-0.39, 0.29) is 17.1 Å². The summed E-state index contributed by atoms with van der Waals surface area (Å²) in [7, 11) is 0. The van der Waals surface area contributed by atoms with Crippen LogP contribution < -0.4 is 5.56 Å². The average molecular weight is 442 g/mol. The third kappa shape index (κ3) is 3.98. The Balaban J connectivity index is 1.49. The molecule has 0 spiro atoms. The van der Waals surface area contributed by atoms with Crippen LogP contribution in [0.5, 0.6) is 0 Å². The largest absolute Gasteiger partial charge is 0.293 e. The van der Waals surface area contributed by atoms with Crippen LogP contribution in [0.15, 0.2) is 70.7 Å².